The van der Waals surface area contributed by atoms with Crippen LogP contribution in [0.3, 0.4) is 0 Å². The minimum Gasteiger partial charge on any atom is -0.392 e. The van der Waals surface area contributed by atoms with E-state index in [0.29, 0.717) is 4.99 Å². The lowest BCUT2D eigenvalue weighted by Gasteiger charge is -2.37. The van der Waals surface area contributed by atoms with E-state index in [1.807, 2.05) is 0 Å². The summed E-state index contributed by atoms with van der Waals surface area (Å²) < 4.78 is 0. The Morgan fingerprint density at radius 3 is 2.67 bits per heavy atom. The van der Waals surface area contributed by atoms with Crippen molar-refractivity contribution in [1.82, 2.24) is 14.8 Å². The van der Waals surface area contributed by atoms with Crippen LogP contribution >= 0.6 is 23.6 Å². The van der Waals surface area contributed by atoms with Gasteiger partial charge in [0.05, 0.1) is 21.7 Å². The standard InChI is InChI=1S/C12H20N4S2/c1-9(12(13)17)16-5-3-15(4-6-16)7-11-8-18-10(2)14-11/h8-9H,3-7H2,1-2H3,(H2,13,17). The van der Waals surface area contributed by atoms with E-state index in [1.165, 1.54) is 5.69 Å². The number of nitrogens with two attached hydrogens (primary N) is 1. The van der Waals surface area contributed by atoms with Crippen LogP contribution in [-0.4, -0.2) is 52.0 Å². The van der Waals surface area contributed by atoms with Gasteiger partial charge in [0.25, 0.3) is 0 Å². The highest BCUT2D eigenvalue weighted by molar-refractivity contribution is 7.80. The van der Waals surface area contributed by atoms with E-state index in [-0.39, 0.29) is 6.04 Å². The Morgan fingerprint density at radius 2 is 2.17 bits per heavy atom. The van der Waals surface area contributed by atoms with Gasteiger partial charge in [-0.1, -0.05) is 12.2 Å². The lowest BCUT2D eigenvalue weighted by Crippen LogP contribution is -2.52. The van der Waals surface area contributed by atoms with Gasteiger partial charge in [0.2, 0.25) is 0 Å². The second-order valence-corrected chi connectivity index (χ2v) is 6.28. The number of thiazole rings is 1. The maximum Gasteiger partial charge on any atom is 0.0899 e. The minimum atomic E-state index is 0.212. The fourth-order valence-electron chi connectivity index (χ4n) is 2.20. The fourth-order valence-corrected chi connectivity index (χ4v) is 2.95. The Kier molecular flexibility index (Phi) is 4.66. The molecule has 1 aliphatic heterocycles. The predicted molar refractivity (Wildman–Crippen MR) is 79.9 cm³/mol. The van der Waals surface area contributed by atoms with Crippen LogP contribution in [0.5, 0.6) is 0 Å². The van der Waals surface area contributed by atoms with Crippen LogP contribution in [0.1, 0.15) is 17.6 Å². The summed E-state index contributed by atoms with van der Waals surface area (Å²) in [5.41, 5.74) is 6.88. The van der Waals surface area contributed by atoms with Crippen molar-refractivity contribution in [1.29, 1.82) is 0 Å². The van der Waals surface area contributed by atoms with Crippen LogP contribution in [0.25, 0.3) is 0 Å². The van der Waals surface area contributed by atoms with E-state index in [4.69, 9.17) is 18.0 Å². The summed E-state index contributed by atoms with van der Waals surface area (Å²) in [4.78, 5) is 9.90. The summed E-state index contributed by atoms with van der Waals surface area (Å²) >= 11 is 6.77. The molecule has 18 heavy (non-hydrogen) atoms. The van der Waals surface area contributed by atoms with Crippen molar-refractivity contribution in [2.45, 2.75) is 26.4 Å². The fraction of sp³-hybridized carbons (Fsp3) is 0.667. The van der Waals surface area contributed by atoms with Gasteiger partial charge in [0.15, 0.2) is 0 Å². The van der Waals surface area contributed by atoms with Gasteiger partial charge in [-0.05, 0) is 13.8 Å². The number of nitrogens with zero attached hydrogens (tertiary/aromatic N) is 3. The molecule has 0 amide bonds. The number of hydrogen-bond donors (Lipinski definition) is 1. The summed E-state index contributed by atoms with van der Waals surface area (Å²) in [6, 6.07) is 0.212. The summed E-state index contributed by atoms with van der Waals surface area (Å²) in [5.74, 6) is 0. The summed E-state index contributed by atoms with van der Waals surface area (Å²) in [6.45, 7) is 9.27. The third-order valence-corrected chi connectivity index (χ3v) is 4.58. The molecule has 2 rings (SSSR count). The molecular formula is C12H20N4S2. The normalized spacial score (nSPS) is 19.9. The average molecular weight is 284 g/mol. The SMILES string of the molecule is Cc1nc(CN2CCN(C(C)C(N)=S)CC2)cs1. The van der Waals surface area contributed by atoms with Gasteiger partial charge in [-0.15, -0.1) is 11.3 Å². The molecule has 4 nitrogen and oxygen atoms in total. The molecule has 1 atom stereocenters. The van der Waals surface area contributed by atoms with E-state index >= 15 is 0 Å². The molecule has 1 aromatic rings. The van der Waals surface area contributed by atoms with Crippen LogP contribution < -0.4 is 5.73 Å². The number of aryl methyl sites for hydroxylation is 1. The van der Waals surface area contributed by atoms with E-state index < -0.39 is 0 Å². The first-order chi connectivity index (χ1) is 8.56. The van der Waals surface area contributed by atoms with Crippen LogP contribution in [0.4, 0.5) is 0 Å². The molecule has 0 spiro atoms. The Balaban J connectivity index is 1.81. The minimum absolute atomic E-state index is 0.212. The van der Waals surface area contributed by atoms with Gasteiger partial charge < -0.3 is 5.73 Å². The molecule has 1 aliphatic rings. The topological polar surface area (TPSA) is 45.4 Å². The van der Waals surface area contributed by atoms with Crippen molar-refractivity contribution in [2.24, 2.45) is 5.73 Å². The number of aromatic nitrogens is 1. The molecule has 6 heteroatoms. The quantitative estimate of drug-likeness (QED) is 0.843. The molecule has 0 bridgehead atoms. The van der Waals surface area contributed by atoms with Crippen LogP contribution in [0, 0.1) is 6.92 Å². The Bertz CT molecular complexity index is 410. The molecular weight excluding hydrogens is 264 g/mol. The number of rotatable bonds is 4. The smallest absolute Gasteiger partial charge is 0.0899 e. The maximum absolute atomic E-state index is 5.70. The molecule has 0 aliphatic carbocycles. The predicted octanol–water partition coefficient (Wildman–Crippen LogP) is 1.24. The third kappa shape index (κ3) is 3.47. The first-order valence-electron chi connectivity index (χ1n) is 6.23. The van der Waals surface area contributed by atoms with Gasteiger partial charge in [0.1, 0.15) is 0 Å². The summed E-state index contributed by atoms with van der Waals surface area (Å²) in [6.07, 6.45) is 0. The first-order valence-corrected chi connectivity index (χ1v) is 7.52. The zero-order chi connectivity index (χ0) is 13.1. The highest BCUT2D eigenvalue weighted by Gasteiger charge is 2.22. The zero-order valence-corrected chi connectivity index (χ0v) is 12.6. The maximum atomic E-state index is 5.70. The van der Waals surface area contributed by atoms with Crippen molar-refractivity contribution in [3.63, 3.8) is 0 Å². The highest BCUT2D eigenvalue weighted by atomic mass is 32.1. The lowest BCUT2D eigenvalue weighted by molar-refractivity contribution is 0.117. The van der Waals surface area contributed by atoms with Crippen LogP contribution in [0.15, 0.2) is 5.38 Å². The lowest BCUT2D eigenvalue weighted by atomic mass is 10.2. The third-order valence-electron chi connectivity index (χ3n) is 3.42. The molecule has 2 N–H and O–H groups in total. The van der Waals surface area contributed by atoms with Crippen molar-refractivity contribution >= 4 is 28.5 Å². The van der Waals surface area contributed by atoms with Crippen LogP contribution in [0.2, 0.25) is 0 Å². The Labute approximate surface area is 118 Å². The first kappa shape index (κ1) is 13.9. The summed E-state index contributed by atoms with van der Waals surface area (Å²) in [5, 5.41) is 3.30. The van der Waals surface area contributed by atoms with Crippen molar-refractivity contribution in [3.05, 3.63) is 16.1 Å². The van der Waals surface area contributed by atoms with Crippen molar-refractivity contribution in [3.8, 4) is 0 Å². The molecule has 2 heterocycles. The Morgan fingerprint density at radius 1 is 1.50 bits per heavy atom. The number of thiocarbonyl (C=S) groups is 1. The van der Waals surface area contributed by atoms with Crippen molar-refractivity contribution < 1.29 is 0 Å². The molecule has 1 fully saturated rings. The van der Waals surface area contributed by atoms with Gasteiger partial charge in [0, 0.05) is 38.1 Å². The number of hydrogen-bond acceptors (Lipinski definition) is 5. The molecule has 0 radical (unpaired) electrons. The molecule has 1 aromatic heterocycles. The monoisotopic (exact) mass is 284 g/mol. The largest absolute Gasteiger partial charge is 0.392 e. The highest BCUT2D eigenvalue weighted by Crippen LogP contribution is 2.13. The second-order valence-electron chi connectivity index (χ2n) is 4.75. The van der Waals surface area contributed by atoms with Gasteiger partial charge >= 0.3 is 0 Å². The van der Waals surface area contributed by atoms with Gasteiger partial charge in [-0.3, -0.25) is 9.80 Å². The molecule has 0 saturated carbocycles. The van der Waals surface area contributed by atoms with E-state index in [1.54, 1.807) is 11.3 Å². The van der Waals surface area contributed by atoms with Crippen molar-refractivity contribution in [2.75, 3.05) is 26.2 Å². The number of piperazine rings is 1. The van der Waals surface area contributed by atoms with Crippen LogP contribution in [-0.2, 0) is 6.54 Å². The van der Waals surface area contributed by atoms with E-state index in [2.05, 4.69) is 34.0 Å². The Hall–Kier alpha value is -0.560. The van der Waals surface area contributed by atoms with Gasteiger partial charge in [-0.2, -0.15) is 0 Å². The van der Waals surface area contributed by atoms with E-state index in [9.17, 15) is 0 Å². The summed E-state index contributed by atoms with van der Waals surface area (Å²) in [7, 11) is 0. The average Bonchev–Trinajstić information content (AvgIpc) is 2.75. The second kappa shape index (κ2) is 6.06. The molecule has 1 saturated heterocycles. The molecule has 100 valence electrons. The molecule has 0 aromatic carbocycles. The molecule has 1 unspecified atom stereocenters. The van der Waals surface area contributed by atoms with E-state index in [0.717, 1.165) is 37.7 Å². The van der Waals surface area contributed by atoms with Gasteiger partial charge in [-0.25, -0.2) is 4.98 Å². The zero-order valence-electron chi connectivity index (χ0n) is 10.9.